The van der Waals surface area contributed by atoms with Gasteiger partial charge in [-0.3, -0.25) is 0 Å². The molecule has 0 heterocycles. The van der Waals surface area contributed by atoms with E-state index in [4.69, 9.17) is 15.2 Å². The van der Waals surface area contributed by atoms with Gasteiger partial charge in [-0.2, -0.15) is 0 Å². The Balaban J connectivity index is 2.55. The molecule has 4 nitrogen and oxygen atoms in total. The van der Waals surface area contributed by atoms with Gasteiger partial charge in [-0.15, -0.1) is 0 Å². The fourth-order valence-corrected chi connectivity index (χ4v) is 2.51. The number of methoxy groups -OCH3 is 2. The molecule has 17 heavy (non-hydrogen) atoms. The quantitative estimate of drug-likeness (QED) is 0.786. The van der Waals surface area contributed by atoms with Crippen LogP contribution in [-0.4, -0.2) is 20.2 Å². The topological polar surface area (TPSA) is 61.5 Å². The molecule has 4 heteroatoms. The number of carbonyl (C=O) groups is 1. The molecule has 1 unspecified atom stereocenters. The minimum atomic E-state index is -1.03. The van der Waals surface area contributed by atoms with Crippen LogP contribution in [0, 0.1) is 0 Å². The van der Waals surface area contributed by atoms with Crippen molar-refractivity contribution in [3.63, 3.8) is 0 Å². The van der Waals surface area contributed by atoms with Gasteiger partial charge in [0, 0.05) is 0 Å². The Morgan fingerprint density at radius 2 is 2.18 bits per heavy atom. The third-order valence-electron chi connectivity index (χ3n) is 3.38. The largest absolute Gasteiger partial charge is 0.496 e. The molecule has 0 saturated carbocycles. The van der Waals surface area contributed by atoms with Crippen molar-refractivity contribution in [2.75, 3.05) is 14.2 Å². The van der Waals surface area contributed by atoms with Crippen molar-refractivity contribution in [2.45, 2.75) is 24.8 Å². The number of carbonyl (C=O) groups excluding carboxylic acids is 1. The molecule has 1 aromatic rings. The monoisotopic (exact) mass is 235 g/mol. The normalized spacial score (nSPS) is 22.8. The van der Waals surface area contributed by atoms with Crippen LogP contribution >= 0.6 is 0 Å². The van der Waals surface area contributed by atoms with E-state index in [9.17, 15) is 4.79 Å². The zero-order valence-corrected chi connectivity index (χ0v) is 10.2. The molecule has 1 aromatic carbocycles. The first kappa shape index (κ1) is 11.9. The summed E-state index contributed by atoms with van der Waals surface area (Å²) in [6.45, 7) is 0. The number of ether oxygens (including phenoxy) is 2. The Hall–Kier alpha value is -1.55. The summed E-state index contributed by atoms with van der Waals surface area (Å²) in [6, 6.07) is 5.63. The molecule has 2 rings (SSSR count). The van der Waals surface area contributed by atoms with E-state index in [1.165, 1.54) is 7.11 Å². The lowest BCUT2D eigenvalue weighted by atomic mass is 9.77. The zero-order valence-electron chi connectivity index (χ0n) is 10.2. The molecule has 1 aliphatic rings. The molecule has 2 N–H and O–H groups in total. The van der Waals surface area contributed by atoms with Gasteiger partial charge in [-0.05, 0) is 36.5 Å². The molecule has 0 aromatic heterocycles. The fraction of sp³-hybridized carbons (Fsp3) is 0.462. The second-order valence-electron chi connectivity index (χ2n) is 4.30. The van der Waals surface area contributed by atoms with Gasteiger partial charge in [0.2, 0.25) is 0 Å². The van der Waals surface area contributed by atoms with Crippen LogP contribution in [-0.2, 0) is 21.5 Å². The third-order valence-corrected chi connectivity index (χ3v) is 3.38. The molecule has 0 amide bonds. The van der Waals surface area contributed by atoms with E-state index in [-0.39, 0.29) is 5.97 Å². The highest BCUT2D eigenvalue weighted by atomic mass is 16.5. The molecule has 0 aliphatic heterocycles. The highest BCUT2D eigenvalue weighted by molar-refractivity contribution is 5.83. The summed E-state index contributed by atoms with van der Waals surface area (Å²) < 4.78 is 10.1. The summed E-state index contributed by atoms with van der Waals surface area (Å²) in [5.74, 6) is 0.410. The average Bonchev–Trinajstić information content (AvgIpc) is 2.37. The Morgan fingerprint density at radius 3 is 2.82 bits per heavy atom. The summed E-state index contributed by atoms with van der Waals surface area (Å²) in [4.78, 5) is 11.9. The molecule has 0 saturated heterocycles. The maximum absolute atomic E-state index is 11.9. The van der Waals surface area contributed by atoms with Crippen LogP contribution in [0.1, 0.15) is 24.0 Å². The Kier molecular flexibility index (Phi) is 3.07. The van der Waals surface area contributed by atoms with Crippen molar-refractivity contribution in [3.8, 4) is 5.75 Å². The lowest BCUT2D eigenvalue weighted by molar-refractivity contribution is -0.148. The molecular formula is C13H17NO3. The predicted molar refractivity (Wildman–Crippen MR) is 63.8 cm³/mol. The molecule has 1 atom stereocenters. The molecule has 1 aliphatic carbocycles. The van der Waals surface area contributed by atoms with Gasteiger partial charge in [0.15, 0.2) is 0 Å². The smallest absolute Gasteiger partial charge is 0.330 e. The summed E-state index contributed by atoms with van der Waals surface area (Å²) >= 11 is 0. The average molecular weight is 235 g/mol. The van der Waals surface area contributed by atoms with E-state index in [0.717, 1.165) is 29.7 Å². The van der Waals surface area contributed by atoms with Crippen LogP contribution in [0.25, 0.3) is 0 Å². The first-order valence-electron chi connectivity index (χ1n) is 5.67. The highest BCUT2D eigenvalue weighted by Gasteiger charge is 2.41. The van der Waals surface area contributed by atoms with Crippen molar-refractivity contribution in [1.82, 2.24) is 0 Å². The number of esters is 1. The number of hydrogen-bond donors (Lipinski definition) is 1. The minimum Gasteiger partial charge on any atom is -0.496 e. The number of benzene rings is 1. The van der Waals surface area contributed by atoms with Gasteiger partial charge in [-0.25, -0.2) is 4.79 Å². The van der Waals surface area contributed by atoms with Crippen molar-refractivity contribution in [3.05, 3.63) is 29.3 Å². The number of rotatable bonds is 2. The summed E-state index contributed by atoms with van der Waals surface area (Å²) in [5, 5.41) is 0. The Morgan fingerprint density at radius 1 is 1.41 bits per heavy atom. The van der Waals surface area contributed by atoms with Gasteiger partial charge >= 0.3 is 5.97 Å². The summed E-state index contributed by atoms with van der Waals surface area (Å²) in [6.07, 6.45) is 2.36. The van der Waals surface area contributed by atoms with Gasteiger partial charge < -0.3 is 15.2 Å². The first-order chi connectivity index (χ1) is 8.13. The standard InChI is InChI=1S/C13H17NO3/c1-16-11-7-3-6-10-9(11)5-4-8-13(10,14)12(15)17-2/h3,6-7H,4-5,8,14H2,1-2H3. The molecule has 92 valence electrons. The second kappa shape index (κ2) is 4.37. The SMILES string of the molecule is COC(=O)C1(N)CCCc2c(OC)cccc21. The van der Waals surface area contributed by atoms with Gasteiger partial charge in [0.1, 0.15) is 11.3 Å². The minimum absolute atomic E-state index is 0.383. The van der Waals surface area contributed by atoms with E-state index in [2.05, 4.69) is 0 Å². The van der Waals surface area contributed by atoms with Gasteiger partial charge in [0.05, 0.1) is 14.2 Å². The Labute approximate surface area is 101 Å². The lowest BCUT2D eigenvalue weighted by Gasteiger charge is -2.33. The summed E-state index contributed by atoms with van der Waals surface area (Å²) in [5.41, 5.74) is 7.04. The van der Waals surface area contributed by atoms with Crippen molar-refractivity contribution in [1.29, 1.82) is 0 Å². The van der Waals surface area contributed by atoms with E-state index >= 15 is 0 Å². The second-order valence-corrected chi connectivity index (χ2v) is 4.30. The molecule has 0 bridgehead atoms. The third kappa shape index (κ3) is 1.78. The molecule has 0 spiro atoms. The van der Waals surface area contributed by atoms with Crippen LogP contribution in [0.5, 0.6) is 5.75 Å². The maximum atomic E-state index is 11.9. The molecular weight excluding hydrogens is 218 g/mol. The van der Waals surface area contributed by atoms with Crippen LogP contribution in [0.15, 0.2) is 18.2 Å². The number of fused-ring (bicyclic) bond motifs is 1. The molecule has 0 radical (unpaired) electrons. The van der Waals surface area contributed by atoms with E-state index in [1.807, 2.05) is 18.2 Å². The number of hydrogen-bond acceptors (Lipinski definition) is 4. The Bertz CT molecular complexity index is 444. The van der Waals surface area contributed by atoms with E-state index < -0.39 is 5.54 Å². The van der Waals surface area contributed by atoms with Crippen molar-refractivity contribution in [2.24, 2.45) is 5.73 Å². The van der Waals surface area contributed by atoms with Crippen LogP contribution in [0.3, 0.4) is 0 Å². The number of nitrogens with two attached hydrogens (primary N) is 1. The van der Waals surface area contributed by atoms with Crippen LogP contribution < -0.4 is 10.5 Å². The first-order valence-corrected chi connectivity index (χ1v) is 5.67. The van der Waals surface area contributed by atoms with E-state index in [1.54, 1.807) is 7.11 Å². The van der Waals surface area contributed by atoms with Crippen LogP contribution in [0.4, 0.5) is 0 Å². The van der Waals surface area contributed by atoms with Gasteiger partial charge in [0.25, 0.3) is 0 Å². The van der Waals surface area contributed by atoms with Gasteiger partial charge in [-0.1, -0.05) is 12.1 Å². The molecule has 0 fully saturated rings. The van der Waals surface area contributed by atoms with E-state index in [0.29, 0.717) is 6.42 Å². The van der Waals surface area contributed by atoms with Crippen molar-refractivity contribution >= 4 is 5.97 Å². The zero-order chi connectivity index (χ0) is 12.5. The fourth-order valence-electron chi connectivity index (χ4n) is 2.51. The highest BCUT2D eigenvalue weighted by Crippen LogP contribution is 2.38. The van der Waals surface area contributed by atoms with Crippen LogP contribution in [0.2, 0.25) is 0 Å². The van der Waals surface area contributed by atoms with Crippen molar-refractivity contribution < 1.29 is 14.3 Å². The summed E-state index contributed by atoms with van der Waals surface area (Å²) in [7, 11) is 2.99. The maximum Gasteiger partial charge on any atom is 0.330 e. The lowest BCUT2D eigenvalue weighted by Crippen LogP contribution is -2.48. The predicted octanol–water partition coefficient (Wildman–Crippen LogP) is 1.36.